The fourth-order valence-electron chi connectivity index (χ4n) is 3.86. The SMILES string of the molecule is N#Cc1cc(Br)cnc1N1CCC(C(=O)N2CCc3ccccc3C2)C1. The van der Waals surface area contributed by atoms with Gasteiger partial charge in [0.05, 0.1) is 11.5 Å². The molecule has 0 aliphatic carbocycles. The number of carbonyl (C=O) groups excluding carboxylic acids is 1. The number of pyridine rings is 1. The molecular weight excluding hydrogens is 392 g/mol. The summed E-state index contributed by atoms with van der Waals surface area (Å²) in [5, 5.41) is 9.36. The lowest BCUT2D eigenvalue weighted by atomic mass is 9.98. The quantitative estimate of drug-likeness (QED) is 0.762. The Kier molecular flexibility index (Phi) is 4.64. The monoisotopic (exact) mass is 410 g/mol. The minimum atomic E-state index is -0.0303. The maximum absolute atomic E-state index is 13.0. The lowest BCUT2D eigenvalue weighted by molar-refractivity contribution is -0.135. The molecule has 5 nitrogen and oxygen atoms in total. The van der Waals surface area contributed by atoms with Gasteiger partial charge in [-0.15, -0.1) is 0 Å². The lowest BCUT2D eigenvalue weighted by Crippen LogP contribution is -2.40. The fraction of sp³-hybridized carbons (Fsp3) is 0.350. The van der Waals surface area contributed by atoms with Crippen LogP contribution in [-0.2, 0) is 17.8 Å². The minimum Gasteiger partial charge on any atom is -0.355 e. The molecule has 6 heteroatoms. The number of amides is 1. The zero-order valence-corrected chi connectivity index (χ0v) is 15.9. The van der Waals surface area contributed by atoms with Crippen molar-refractivity contribution >= 4 is 27.7 Å². The van der Waals surface area contributed by atoms with Crippen LogP contribution in [0.2, 0.25) is 0 Å². The predicted octanol–water partition coefficient (Wildman–Crippen LogP) is 3.13. The first-order chi connectivity index (χ1) is 12.7. The van der Waals surface area contributed by atoms with Crippen molar-refractivity contribution in [2.24, 2.45) is 5.92 Å². The number of carbonyl (C=O) groups is 1. The largest absolute Gasteiger partial charge is 0.355 e. The van der Waals surface area contributed by atoms with Crippen molar-refractivity contribution in [2.75, 3.05) is 24.5 Å². The maximum Gasteiger partial charge on any atom is 0.227 e. The Morgan fingerprint density at radius 1 is 1.27 bits per heavy atom. The van der Waals surface area contributed by atoms with Crippen LogP contribution in [0.1, 0.15) is 23.1 Å². The van der Waals surface area contributed by atoms with Crippen LogP contribution in [0.15, 0.2) is 41.0 Å². The normalized spacial score (nSPS) is 19.2. The van der Waals surface area contributed by atoms with E-state index in [0.717, 1.165) is 30.4 Å². The predicted molar refractivity (Wildman–Crippen MR) is 103 cm³/mol. The first-order valence-electron chi connectivity index (χ1n) is 8.82. The van der Waals surface area contributed by atoms with Crippen LogP contribution in [0, 0.1) is 17.2 Å². The van der Waals surface area contributed by atoms with E-state index in [1.807, 2.05) is 11.0 Å². The molecular formula is C20H19BrN4O. The zero-order chi connectivity index (χ0) is 18.1. The summed E-state index contributed by atoms with van der Waals surface area (Å²) in [6.45, 7) is 2.86. The van der Waals surface area contributed by atoms with Crippen LogP contribution in [-0.4, -0.2) is 35.4 Å². The summed E-state index contributed by atoms with van der Waals surface area (Å²) < 4.78 is 0.789. The average Bonchev–Trinajstić information content (AvgIpc) is 3.16. The van der Waals surface area contributed by atoms with Crippen molar-refractivity contribution in [3.05, 3.63) is 57.7 Å². The molecule has 1 saturated heterocycles. The van der Waals surface area contributed by atoms with Crippen LogP contribution < -0.4 is 4.90 Å². The van der Waals surface area contributed by atoms with E-state index in [4.69, 9.17) is 0 Å². The van der Waals surface area contributed by atoms with Crippen molar-refractivity contribution in [3.63, 3.8) is 0 Å². The summed E-state index contributed by atoms with van der Waals surface area (Å²) in [5.41, 5.74) is 3.14. The van der Waals surface area contributed by atoms with Crippen LogP contribution >= 0.6 is 15.9 Å². The molecule has 0 radical (unpaired) electrons. The zero-order valence-electron chi connectivity index (χ0n) is 14.4. The van der Waals surface area contributed by atoms with E-state index in [1.165, 1.54) is 11.1 Å². The van der Waals surface area contributed by atoms with Crippen LogP contribution in [0.5, 0.6) is 0 Å². The highest BCUT2D eigenvalue weighted by atomic mass is 79.9. The molecule has 1 aromatic heterocycles. The van der Waals surface area contributed by atoms with E-state index in [2.05, 4.69) is 50.1 Å². The Hall–Kier alpha value is -2.39. The van der Waals surface area contributed by atoms with Gasteiger partial charge in [-0.3, -0.25) is 4.79 Å². The van der Waals surface area contributed by atoms with Crippen molar-refractivity contribution in [2.45, 2.75) is 19.4 Å². The number of rotatable bonds is 2. The highest BCUT2D eigenvalue weighted by Crippen LogP contribution is 2.29. The van der Waals surface area contributed by atoms with Gasteiger partial charge in [0.25, 0.3) is 0 Å². The van der Waals surface area contributed by atoms with Crippen LogP contribution in [0.3, 0.4) is 0 Å². The Morgan fingerprint density at radius 3 is 2.88 bits per heavy atom. The Bertz CT molecular complexity index is 892. The number of hydrogen-bond acceptors (Lipinski definition) is 4. The van der Waals surface area contributed by atoms with Gasteiger partial charge in [0.2, 0.25) is 5.91 Å². The summed E-state index contributed by atoms with van der Waals surface area (Å²) in [5.74, 6) is 0.866. The Morgan fingerprint density at radius 2 is 2.08 bits per heavy atom. The topological polar surface area (TPSA) is 60.2 Å². The first kappa shape index (κ1) is 17.0. The van der Waals surface area contributed by atoms with Gasteiger partial charge in [-0.2, -0.15) is 5.26 Å². The van der Waals surface area contributed by atoms with Gasteiger partial charge in [-0.25, -0.2) is 4.98 Å². The summed E-state index contributed by atoms with van der Waals surface area (Å²) in [6, 6.07) is 12.3. The minimum absolute atomic E-state index is 0.0303. The summed E-state index contributed by atoms with van der Waals surface area (Å²) in [7, 11) is 0. The number of nitrogens with zero attached hydrogens (tertiary/aromatic N) is 4. The molecule has 1 fully saturated rings. The van der Waals surface area contributed by atoms with E-state index >= 15 is 0 Å². The van der Waals surface area contributed by atoms with Crippen molar-refractivity contribution < 1.29 is 4.79 Å². The van der Waals surface area contributed by atoms with Gasteiger partial charge >= 0.3 is 0 Å². The molecule has 1 amide bonds. The van der Waals surface area contributed by atoms with Gasteiger partial charge in [0, 0.05) is 36.8 Å². The molecule has 1 aromatic carbocycles. The molecule has 4 rings (SSSR count). The molecule has 0 N–H and O–H groups in total. The van der Waals surface area contributed by atoms with Crippen LogP contribution in [0.25, 0.3) is 0 Å². The van der Waals surface area contributed by atoms with E-state index in [0.29, 0.717) is 24.5 Å². The average molecular weight is 411 g/mol. The molecule has 1 atom stereocenters. The van der Waals surface area contributed by atoms with Crippen molar-refractivity contribution in [1.82, 2.24) is 9.88 Å². The van der Waals surface area contributed by atoms with E-state index in [-0.39, 0.29) is 11.8 Å². The summed E-state index contributed by atoms with van der Waals surface area (Å²) >= 11 is 3.35. The number of hydrogen-bond donors (Lipinski definition) is 0. The third kappa shape index (κ3) is 3.19. The molecule has 0 bridgehead atoms. The van der Waals surface area contributed by atoms with Gasteiger partial charge in [-0.05, 0) is 46.0 Å². The van der Waals surface area contributed by atoms with Crippen molar-refractivity contribution in [1.29, 1.82) is 5.26 Å². The molecule has 1 unspecified atom stereocenters. The third-order valence-electron chi connectivity index (χ3n) is 5.23. The Labute approximate surface area is 161 Å². The standard InChI is InChI=1S/C20H19BrN4O/c21-18-9-17(10-22)19(23-11-18)24-7-6-16(13-24)20(26)25-8-5-14-3-1-2-4-15(14)12-25/h1-4,9,11,16H,5-8,12-13H2. The highest BCUT2D eigenvalue weighted by Gasteiger charge is 2.34. The smallest absolute Gasteiger partial charge is 0.227 e. The number of halogens is 1. The van der Waals surface area contributed by atoms with Crippen molar-refractivity contribution in [3.8, 4) is 6.07 Å². The second-order valence-corrected chi connectivity index (χ2v) is 7.76. The molecule has 26 heavy (non-hydrogen) atoms. The number of aromatic nitrogens is 1. The van der Waals surface area contributed by atoms with Gasteiger partial charge in [0.15, 0.2) is 0 Å². The molecule has 2 aliphatic heterocycles. The summed E-state index contributed by atoms with van der Waals surface area (Å²) in [6.07, 6.45) is 3.43. The molecule has 2 aromatic rings. The Balaban J connectivity index is 1.46. The second kappa shape index (κ2) is 7.08. The first-order valence-corrected chi connectivity index (χ1v) is 9.61. The van der Waals surface area contributed by atoms with Gasteiger partial charge in [0.1, 0.15) is 11.9 Å². The second-order valence-electron chi connectivity index (χ2n) is 6.85. The molecule has 0 saturated carbocycles. The molecule has 3 heterocycles. The fourth-order valence-corrected chi connectivity index (χ4v) is 4.19. The highest BCUT2D eigenvalue weighted by molar-refractivity contribution is 9.10. The molecule has 132 valence electrons. The number of anilines is 1. The van der Waals surface area contributed by atoms with E-state index < -0.39 is 0 Å². The van der Waals surface area contributed by atoms with Gasteiger partial charge in [-0.1, -0.05) is 24.3 Å². The van der Waals surface area contributed by atoms with Gasteiger partial charge < -0.3 is 9.80 Å². The third-order valence-corrected chi connectivity index (χ3v) is 5.67. The van der Waals surface area contributed by atoms with E-state index in [9.17, 15) is 10.1 Å². The number of fused-ring (bicyclic) bond motifs is 1. The lowest BCUT2D eigenvalue weighted by Gasteiger charge is -2.31. The number of benzene rings is 1. The number of nitriles is 1. The maximum atomic E-state index is 13.0. The molecule has 0 spiro atoms. The van der Waals surface area contributed by atoms with Crippen LogP contribution in [0.4, 0.5) is 5.82 Å². The summed E-state index contributed by atoms with van der Waals surface area (Å²) in [4.78, 5) is 21.4. The van der Waals surface area contributed by atoms with E-state index in [1.54, 1.807) is 12.3 Å². The molecule has 2 aliphatic rings.